The van der Waals surface area contributed by atoms with E-state index in [1.165, 1.54) is 5.57 Å². The number of hydrogen-bond donors (Lipinski definition) is 0. The molecule has 2 rings (SSSR count). The molecule has 22 heavy (non-hydrogen) atoms. The Morgan fingerprint density at radius 1 is 1.05 bits per heavy atom. The molecule has 0 aliphatic carbocycles. The molecule has 0 aromatic rings. The van der Waals surface area contributed by atoms with Gasteiger partial charge in [-0.3, -0.25) is 14.5 Å². The Balaban J connectivity index is 2.18. The van der Waals surface area contributed by atoms with Crippen LogP contribution in [-0.2, 0) is 0 Å². The molecule has 2 aliphatic rings. The van der Waals surface area contributed by atoms with Crippen molar-refractivity contribution in [3.63, 3.8) is 0 Å². The summed E-state index contributed by atoms with van der Waals surface area (Å²) in [5.74, 6) is 0.222. The van der Waals surface area contributed by atoms with Gasteiger partial charge in [0, 0.05) is 6.04 Å². The Hall–Kier alpha value is -0.990. The molecule has 2 aliphatic heterocycles. The van der Waals surface area contributed by atoms with Gasteiger partial charge in [-0.25, -0.2) is 0 Å². The zero-order valence-corrected chi connectivity index (χ0v) is 14.4. The molecule has 120 valence electrons. The average molecular weight is 301 g/mol. The fraction of sp³-hybridized carbons (Fsp3) is 0.765. The summed E-state index contributed by atoms with van der Waals surface area (Å²) in [6.07, 6.45) is 11.2. The predicted molar refractivity (Wildman–Crippen MR) is 95.0 cm³/mol. The van der Waals surface area contributed by atoms with Gasteiger partial charge in [-0.05, 0) is 32.1 Å². The van der Waals surface area contributed by atoms with E-state index in [0.717, 1.165) is 57.6 Å². The number of amides is 2. The molecule has 0 bridgehead atoms. The second-order valence-electron chi connectivity index (χ2n) is 6.77. The van der Waals surface area contributed by atoms with Crippen LogP contribution < -0.4 is 0 Å². The highest BCUT2D eigenvalue weighted by Crippen LogP contribution is 2.28. The van der Waals surface area contributed by atoms with Crippen molar-refractivity contribution >= 4 is 24.8 Å². The molecule has 0 atom stereocenters. The Bertz CT molecular complexity index is 446. The quantitative estimate of drug-likeness (QED) is 0.548. The molecule has 1 fully saturated rings. The predicted octanol–water partition coefficient (Wildman–Crippen LogP) is 4.87. The third-order valence-corrected chi connectivity index (χ3v) is 5.53. The minimum atomic E-state index is -0.0689. The molecular weight excluding hydrogens is 272 g/mol. The lowest BCUT2D eigenvalue weighted by Crippen LogP contribution is -2.40. The first-order valence-corrected chi connectivity index (χ1v) is 9.18. The van der Waals surface area contributed by atoms with Crippen LogP contribution in [0.3, 0.4) is 0 Å². The standard InChI is InChI=1S/C17H29B2NO2/c1-4-14-10-7-8-12-18-16(21)20(15(5-2)6-3)17(22)19(18)13-9-11-14/h11,15H,4-10,12-13H2,1-3H3/b14-11+. The summed E-state index contributed by atoms with van der Waals surface area (Å²) < 4.78 is 0. The van der Waals surface area contributed by atoms with Crippen molar-refractivity contribution < 1.29 is 9.59 Å². The van der Waals surface area contributed by atoms with Crippen LogP contribution in [0.15, 0.2) is 11.6 Å². The molecule has 5 heteroatoms. The summed E-state index contributed by atoms with van der Waals surface area (Å²) in [4.78, 5) is 27.2. The minimum absolute atomic E-state index is 0.0512. The highest BCUT2D eigenvalue weighted by Gasteiger charge is 2.52. The van der Waals surface area contributed by atoms with E-state index >= 15 is 0 Å². The lowest BCUT2D eigenvalue weighted by atomic mass is 9.07. The lowest BCUT2D eigenvalue weighted by molar-refractivity contribution is 0.196. The van der Waals surface area contributed by atoms with Gasteiger partial charge in [-0.15, -0.1) is 0 Å². The second kappa shape index (κ2) is 8.03. The van der Waals surface area contributed by atoms with Gasteiger partial charge in [0.25, 0.3) is 0 Å². The third-order valence-electron chi connectivity index (χ3n) is 5.53. The van der Waals surface area contributed by atoms with E-state index in [9.17, 15) is 9.59 Å². The Morgan fingerprint density at radius 2 is 1.68 bits per heavy atom. The number of imide groups is 1. The topological polar surface area (TPSA) is 37.4 Å². The molecule has 0 N–H and O–H groups in total. The summed E-state index contributed by atoms with van der Waals surface area (Å²) in [7, 11) is 0. The summed E-state index contributed by atoms with van der Waals surface area (Å²) in [6, 6.07) is 0.0966. The summed E-state index contributed by atoms with van der Waals surface area (Å²) >= 11 is 0. The number of allylic oxidation sites excluding steroid dienone is 2. The fourth-order valence-corrected chi connectivity index (χ4v) is 4.08. The number of carbonyl (C=O) groups excluding carboxylic acids is 2. The smallest absolute Gasteiger partial charge is 0.233 e. The van der Waals surface area contributed by atoms with Crippen molar-refractivity contribution in [2.24, 2.45) is 0 Å². The maximum absolute atomic E-state index is 12.8. The summed E-state index contributed by atoms with van der Waals surface area (Å²) in [5.41, 5.74) is 1.52. The van der Waals surface area contributed by atoms with E-state index in [1.807, 2.05) is 0 Å². The first-order valence-electron chi connectivity index (χ1n) is 9.18. The zero-order valence-electron chi connectivity index (χ0n) is 14.4. The minimum Gasteiger partial charge on any atom is -0.298 e. The summed E-state index contributed by atoms with van der Waals surface area (Å²) in [6.45, 7) is 6.23. The van der Waals surface area contributed by atoms with Crippen LogP contribution in [0.5, 0.6) is 0 Å². The van der Waals surface area contributed by atoms with Crippen molar-refractivity contribution in [1.29, 1.82) is 0 Å². The van der Waals surface area contributed by atoms with Crippen LogP contribution in [-0.4, -0.2) is 35.8 Å². The fourth-order valence-electron chi connectivity index (χ4n) is 4.08. The van der Waals surface area contributed by atoms with E-state index in [2.05, 4.69) is 26.8 Å². The van der Waals surface area contributed by atoms with Gasteiger partial charge in [-0.2, -0.15) is 0 Å². The van der Waals surface area contributed by atoms with Crippen LogP contribution in [0.25, 0.3) is 0 Å². The van der Waals surface area contributed by atoms with Crippen molar-refractivity contribution in [3.8, 4) is 0 Å². The molecular formula is C17H29B2NO2. The van der Waals surface area contributed by atoms with E-state index in [-0.39, 0.29) is 30.9 Å². The lowest BCUT2D eigenvalue weighted by Gasteiger charge is -2.25. The van der Waals surface area contributed by atoms with E-state index < -0.39 is 0 Å². The normalized spacial score (nSPS) is 22.9. The van der Waals surface area contributed by atoms with E-state index in [1.54, 1.807) is 4.90 Å². The van der Waals surface area contributed by atoms with Crippen LogP contribution in [0.4, 0.5) is 9.59 Å². The molecule has 0 radical (unpaired) electrons. The number of fused-ring (bicyclic) bond motifs is 1. The van der Waals surface area contributed by atoms with E-state index in [0.29, 0.717) is 0 Å². The molecule has 2 amide bonds. The zero-order chi connectivity index (χ0) is 16.1. The largest absolute Gasteiger partial charge is 0.298 e. The third kappa shape index (κ3) is 3.49. The van der Waals surface area contributed by atoms with Crippen LogP contribution >= 0.6 is 0 Å². The maximum atomic E-state index is 12.8. The van der Waals surface area contributed by atoms with Gasteiger partial charge < -0.3 is 0 Å². The van der Waals surface area contributed by atoms with Crippen LogP contribution in [0.1, 0.15) is 65.7 Å². The second-order valence-corrected chi connectivity index (χ2v) is 6.77. The van der Waals surface area contributed by atoms with Crippen molar-refractivity contribution in [2.75, 3.05) is 0 Å². The Morgan fingerprint density at radius 3 is 2.27 bits per heavy atom. The molecule has 0 spiro atoms. The van der Waals surface area contributed by atoms with Gasteiger partial charge in [0.15, 0.2) is 11.6 Å². The van der Waals surface area contributed by atoms with Gasteiger partial charge in [-0.1, -0.05) is 57.9 Å². The van der Waals surface area contributed by atoms with E-state index in [4.69, 9.17) is 0 Å². The molecule has 0 aromatic heterocycles. The molecule has 0 unspecified atom stereocenters. The SMILES string of the molecule is CC/C1=C\CCB2B(CCCC1)C(=O)N(C(CC)CC)C2=O. The molecule has 0 aromatic carbocycles. The Kier molecular flexibility index (Phi) is 6.34. The van der Waals surface area contributed by atoms with Crippen molar-refractivity contribution in [1.82, 2.24) is 4.90 Å². The van der Waals surface area contributed by atoms with Gasteiger partial charge in [0.05, 0.1) is 0 Å². The number of carbonyl (C=O) groups is 2. The van der Waals surface area contributed by atoms with Gasteiger partial charge in [0.1, 0.15) is 0 Å². The highest BCUT2D eigenvalue weighted by atomic mass is 16.2. The number of hydrogen-bond acceptors (Lipinski definition) is 2. The Labute approximate surface area is 136 Å². The molecule has 2 heterocycles. The number of nitrogens with zero attached hydrogens (tertiary/aromatic N) is 1. The van der Waals surface area contributed by atoms with Gasteiger partial charge >= 0.3 is 0 Å². The van der Waals surface area contributed by atoms with Gasteiger partial charge in [0.2, 0.25) is 13.2 Å². The molecule has 3 nitrogen and oxygen atoms in total. The highest BCUT2D eigenvalue weighted by molar-refractivity contribution is 7.47. The van der Waals surface area contributed by atoms with Crippen molar-refractivity contribution in [2.45, 2.75) is 84.4 Å². The summed E-state index contributed by atoms with van der Waals surface area (Å²) in [5, 5.41) is 0. The number of rotatable bonds is 4. The maximum Gasteiger partial charge on any atom is 0.233 e. The van der Waals surface area contributed by atoms with Crippen molar-refractivity contribution in [3.05, 3.63) is 11.6 Å². The monoisotopic (exact) mass is 301 g/mol. The first-order chi connectivity index (χ1) is 10.6. The molecule has 1 saturated heterocycles. The van der Waals surface area contributed by atoms with Crippen LogP contribution in [0.2, 0.25) is 12.6 Å². The molecule has 0 saturated carbocycles. The van der Waals surface area contributed by atoms with Crippen LogP contribution in [0, 0.1) is 0 Å². The average Bonchev–Trinajstić information content (AvgIpc) is 2.76. The first kappa shape index (κ1) is 17.4.